The van der Waals surface area contributed by atoms with Crippen LogP contribution in [0.2, 0.25) is 0 Å². The highest BCUT2D eigenvalue weighted by molar-refractivity contribution is 9.10. The van der Waals surface area contributed by atoms with Gasteiger partial charge in [0.15, 0.2) is 0 Å². The first-order chi connectivity index (χ1) is 9.54. The van der Waals surface area contributed by atoms with E-state index >= 15 is 0 Å². The molecule has 20 heavy (non-hydrogen) atoms. The summed E-state index contributed by atoms with van der Waals surface area (Å²) in [4.78, 5) is 12.3. The molecule has 3 atom stereocenters. The zero-order valence-electron chi connectivity index (χ0n) is 11.8. The van der Waals surface area contributed by atoms with Crippen LogP contribution in [0.3, 0.4) is 0 Å². The van der Waals surface area contributed by atoms with Gasteiger partial charge >= 0.3 is 0 Å². The van der Waals surface area contributed by atoms with Gasteiger partial charge in [-0.2, -0.15) is 0 Å². The van der Waals surface area contributed by atoms with Gasteiger partial charge in [0, 0.05) is 22.3 Å². The minimum absolute atomic E-state index is 0.00160. The van der Waals surface area contributed by atoms with Crippen molar-refractivity contribution in [1.82, 2.24) is 5.32 Å². The topological polar surface area (TPSA) is 55.1 Å². The van der Waals surface area contributed by atoms with Crippen LogP contribution in [-0.2, 0) is 0 Å². The van der Waals surface area contributed by atoms with Gasteiger partial charge in [0.1, 0.15) is 0 Å². The highest BCUT2D eigenvalue weighted by atomic mass is 79.9. The second kappa shape index (κ2) is 5.40. The maximum atomic E-state index is 12.3. The number of carbonyl (C=O) groups is 1. The highest BCUT2D eigenvalue weighted by Crippen LogP contribution is 2.47. The van der Waals surface area contributed by atoms with Crippen LogP contribution in [0.1, 0.15) is 41.6 Å². The van der Waals surface area contributed by atoms with Gasteiger partial charge in [0.2, 0.25) is 0 Å². The Morgan fingerprint density at radius 1 is 1.40 bits per heavy atom. The van der Waals surface area contributed by atoms with Gasteiger partial charge in [0.05, 0.1) is 0 Å². The van der Waals surface area contributed by atoms with Crippen molar-refractivity contribution in [3.05, 3.63) is 27.7 Å². The summed E-state index contributed by atoms with van der Waals surface area (Å²) < 4.78 is 0.852. The lowest BCUT2D eigenvalue weighted by Crippen LogP contribution is -2.32. The monoisotopic (exact) mass is 336 g/mol. The van der Waals surface area contributed by atoms with Crippen molar-refractivity contribution in [1.29, 1.82) is 0 Å². The molecule has 4 heteroatoms. The molecule has 0 spiro atoms. The number of nitrogens with two attached hydrogens (primary N) is 1. The summed E-state index contributed by atoms with van der Waals surface area (Å²) in [7, 11) is 0. The molecule has 0 aromatic heterocycles. The van der Waals surface area contributed by atoms with E-state index in [0.29, 0.717) is 17.2 Å². The van der Waals surface area contributed by atoms with E-state index in [4.69, 9.17) is 5.73 Å². The van der Waals surface area contributed by atoms with Crippen molar-refractivity contribution in [2.75, 3.05) is 12.3 Å². The highest BCUT2D eigenvalue weighted by Gasteiger charge is 2.39. The van der Waals surface area contributed by atoms with E-state index in [2.05, 4.69) is 21.2 Å². The van der Waals surface area contributed by atoms with E-state index in [0.717, 1.165) is 28.4 Å². The lowest BCUT2D eigenvalue weighted by Gasteiger charge is -2.22. The largest absolute Gasteiger partial charge is 0.398 e. The first-order valence-electron chi connectivity index (χ1n) is 7.38. The summed E-state index contributed by atoms with van der Waals surface area (Å²) in [5, 5.41) is 3.11. The Balaban J connectivity index is 1.65. The number of hydrogen-bond donors (Lipinski definition) is 2. The molecule has 0 radical (unpaired) electrons. The molecule has 0 saturated heterocycles. The number of fused-ring (bicyclic) bond motifs is 2. The van der Waals surface area contributed by atoms with Gasteiger partial charge in [-0.25, -0.2) is 0 Å². The third-order valence-corrected chi connectivity index (χ3v) is 5.52. The normalized spacial score (nSPS) is 27.8. The van der Waals surface area contributed by atoms with Gasteiger partial charge < -0.3 is 11.1 Å². The first kappa shape index (κ1) is 13.9. The fourth-order valence-corrected chi connectivity index (χ4v) is 4.36. The number of rotatable bonds is 3. The molecule has 2 fully saturated rings. The predicted molar refractivity (Wildman–Crippen MR) is 84.6 cm³/mol. The van der Waals surface area contributed by atoms with E-state index in [-0.39, 0.29) is 5.91 Å². The van der Waals surface area contributed by atoms with E-state index in [9.17, 15) is 4.79 Å². The fraction of sp³-hybridized carbons (Fsp3) is 0.562. The molecule has 3 unspecified atom stereocenters. The third kappa shape index (κ3) is 2.58. The van der Waals surface area contributed by atoms with Crippen molar-refractivity contribution in [3.8, 4) is 0 Å². The summed E-state index contributed by atoms with van der Waals surface area (Å²) in [6, 6.07) is 3.68. The predicted octanol–water partition coefficient (Wildman–Crippen LogP) is 3.51. The summed E-state index contributed by atoms with van der Waals surface area (Å²) in [5.74, 6) is 2.44. The van der Waals surface area contributed by atoms with Gasteiger partial charge in [-0.1, -0.05) is 22.4 Å². The smallest absolute Gasteiger partial charge is 0.251 e. The molecule has 108 valence electrons. The third-order valence-electron chi connectivity index (χ3n) is 5.07. The van der Waals surface area contributed by atoms with Gasteiger partial charge in [0.25, 0.3) is 5.91 Å². The van der Waals surface area contributed by atoms with Crippen LogP contribution in [0.4, 0.5) is 5.69 Å². The quantitative estimate of drug-likeness (QED) is 0.830. The van der Waals surface area contributed by atoms with E-state index < -0.39 is 0 Å². The summed E-state index contributed by atoms with van der Waals surface area (Å²) in [6.45, 7) is 2.71. The van der Waals surface area contributed by atoms with E-state index in [1.165, 1.54) is 25.7 Å². The summed E-state index contributed by atoms with van der Waals surface area (Å²) >= 11 is 3.40. The Labute approximate surface area is 128 Å². The van der Waals surface area contributed by atoms with Gasteiger partial charge in [-0.15, -0.1) is 0 Å². The lowest BCUT2D eigenvalue weighted by atomic mass is 9.89. The molecule has 2 saturated carbocycles. The van der Waals surface area contributed by atoms with Gasteiger partial charge in [-0.05, 0) is 61.6 Å². The average Bonchev–Trinajstić information content (AvgIpc) is 3.02. The molecule has 3 N–H and O–H groups in total. The van der Waals surface area contributed by atoms with E-state index in [1.807, 2.05) is 19.1 Å². The second-order valence-electron chi connectivity index (χ2n) is 6.31. The molecule has 0 heterocycles. The zero-order valence-corrected chi connectivity index (χ0v) is 13.4. The van der Waals surface area contributed by atoms with Crippen molar-refractivity contribution in [2.45, 2.75) is 32.6 Å². The molecule has 2 bridgehead atoms. The van der Waals surface area contributed by atoms with Crippen LogP contribution in [0.5, 0.6) is 0 Å². The lowest BCUT2D eigenvalue weighted by molar-refractivity contribution is 0.0941. The van der Waals surface area contributed by atoms with Crippen molar-refractivity contribution in [2.24, 2.45) is 17.8 Å². The van der Waals surface area contributed by atoms with Crippen LogP contribution in [0.15, 0.2) is 16.6 Å². The number of nitrogens with one attached hydrogen (secondary N) is 1. The Morgan fingerprint density at radius 3 is 2.85 bits per heavy atom. The molecule has 3 rings (SSSR count). The molecule has 2 aliphatic rings. The molecule has 0 aliphatic heterocycles. The van der Waals surface area contributed by atoms with Crippen molar-refractivity contribution >= 4 is 27.5 Å². The fourth-order valence-electron chi connectivity index (χ4n) is 3.88. The van der Waals surface area contributed by atoms with Crippen LogP contribution < -0.4 is 11.1 Å². The number of halogens is 1. The Morgan fingerprint density at radius 2 is 2.20 bits per heavy atom. The molecule has 3 nitrogen and oxygen atoms in total. The molecule has 1 amide bonds. The second-order valence-corrected chi connectivity index (χ2v) is 7.23. The summed E-state index contributed by atoms with van der Waals surface area (Å²) in [6.07, 6.45) is 5.43. The number of amides is 1. The minimum Gasteiger partial charge on any atom is -0.398 e. The molecular formula is C16H21BrN2O. The molecule has 2 aliphatic carbocycles. The maximum absolute atomic E-state index is 12.3. The van der Waals surface area contributed by atoms with E-state index in [1.54, 1.807) is 0 Å². The van der Waals surface area contributed by atoms with Crippen LogP contribution in [0, 0.1) is 24.7 Å². The Bertz CT molecular complexity index is 544. The molecule has 1 aromatic rings. The van der Waals surface area contributed by atoms with Crippen LogP contribution in [-0.4, -0.2) is 12.5 Å². The number of carbonyl (C=O) groups excluding carboxylic acids is 1. The van der Waals surface area contributed by atoms with Crippen molar-refractivity contribution < 1.29 is 4.79 Å². The maximum Gasteiger partial charge on any atom is 0.251 e. The first-order valence-corrected chi connectivity index (χ1v) is 8.17. The minimum atomic E-state index is -0.00160. The zero-order chi connectivity index (χ0) is 14.3. The SMILES string of the molecule is Cc1c(N)cc(Br)cc1C(=O)NCC1CC2CCC1C2. The van der Waals surface area contributed by atoms with Crippen molar-refractivity contribution in [3.63, 3.8) is 0 Å². The number of anilines is 1. The summed E-state index contributed by atoms with van der Waals surface area (Å²) in [5.41, 5.74) is 8.11. The number of hydrogen-bond acceptors (Lipinski definition) is 2. The van der Waals surface area contributed by atoms with Crippen LogP contribution in [0.25, 0.3) is 0 Å². The Kier molecular flexibility index (Phi) is 3.76. The standard InChI is InChI=1S/C16H21BrN2O/c1-9-14(6-13(17)7-15(9)18)16(20)19-8-12-5-10-2-3-11(12)4-10/h6-7,10-12H,2-5,8,18H2,1H3,(H,19,20). The number of nitrogen functional groups attached to an aromatic ring is 1. The Hall–Kier alpha value is -1.03. The molecular weight excluding hydrogens is 316 g/mol. The average molecular weight is 337 g/mol. The van der Waals surface area contributed by atoms with Crippen LogP contribution >= 0.6 is 15.9 Å². The van der Waals surface area contributed by atoms with Gasteiger partial charge in [-0.3, -0.25) is 4.79 Å². The molecule has 1 aromatic carbocycles. The number of benzene rings is 1.